The maximum Gasteiger partial charge on any atom is 0.122 e. The van der Waals surface area contributed by atoms with Crippen molar-refractivity contribution in [3.8, 4) is 5.75 Å². The van der Waals surface area contributed by atoms with Crippen LogP contribution in [0.2, 0.25) is 0 Å². The standard InChI is InChI=1S/C18H18O/c1-19-18-10-6-5-9-16(18)17-13-15(17)12-11-14-7-3-2-4-8-14/h2-12,15,17H,13H2,1H3/b12-11+/t15-,17-/m0/s1. The van der Waals surface area contributed by atoms with Crippen LogP contribution in [-0.2, 0) is 0 Å². The number of benzene rings is 2. The highest BCUT2D eigenvalue weighted by molar-refractivity contribution is 5.51. The van der Waals surface area contributed by atoms with Crippen molar-refractivity contribution in [1.29, 1.82) is 0 Å². The maximum absolute atomic E-state index is 5.43. The summed E-state index contributed by atoms with van der Waals surface area (Å²) in [5, 5.41) is 0. The fourth-order valence-corrected chi connectivity index (χ4v) is 2.56. The first-order chi connectivity index (χ1) is 9.38. The molecule has 0 spiro atoms. The lowest BCUT2D eigenvalue weighted by atomic mass is 10.1. The number of hydrogen-bond acceptors (Lipinski definition) is 1. The molecule has 0 N–H and O–H groups in total. The van der Waals surface area contributed by atoms with Crippen molar-refractivity contribution in [2.75, 3.05) is 7.11 Å². The summed E-state index contributed by atoms with van der Waals surface area (Å²) in [6.45, 7) is 0. The third-order valence-corrected chi connectivity index (χ3v) is 3.71. The fraction of sp³-hybridized carbons (Fsp3) is 0.222. The van der Waals surface area contributed by atoms with Crippen molar-refractivity contribution in [2.45, 2.75) is 12.3 Å². The zero-order valence-electron chi connectivity index (χ0n) is 11.1. The zero-order valence-corrected chi connectivity index (χ0v) is 11.1. The summed E-state index contributed by atoms with van der Waals surface area (Å²) >= 11 is 0. The Morgan fingerprint density at radius 1 is 1.00 bits per heavy atom. The maximum atomic E-state index is 5.43. The monoisotopic (exact) mass is 250 g/mol. The van der Waals surface area contributed by atoms with Gasteiger partial charge in [-0.2, -0.15) is 0 Å². The van der Waals surface area contributed by atoms with Crippen LogP contribution in [0.1, 0.15) is 23.5 Å². The molecule has 96 valence electrons. The highest BCUT2D eigenvalue weighted by Crippen LogP contribution is 2.51. The third-order valence-electron chi connectivity index (χ3n) is 3.71. The van der Waals surface area contributed by atoms with Gasteiger partial charge in [0, 0.05) is 0 Å². The normalized spacial score (nSPS) is 21.5. The number of ether oxygens (including phenoxy) is 1. The van der Waals surface area contributed by atoms with Crippen molar-refractivity contribution < 1.29 is 4.74 Å². The van der Waals surface area contributed by atoms with Crippen LogP contribution in [0.4, 0.5) is 0 Å². The summed E-state index contributed by atoms with van der Waals surface area (Å²) in [4.78, 5) is 0. The minimum absolute atomic E-state index is 0.621. The molecule has 0 saturated heterocycles. The highest BCUT2D eigenvalue weighted by atomic mass is 16.5. The van der Waals surface area contributed by atoms with Gasteiger partial charge in [-0.1, -0.05) is 60.7 Å². The first-order valence-corrected chi connectivity index (χ1v) is 6.74. The molecule has 2 atom stereocenters. The molecule has 0 amide bonds. The van der Waals surface area contributed by atoms with Gasteiger partial charge in [-0.25, -0.2) is 0 Å². The average molecular weight is 250 g/mol. The summed E-state index contributed by atoms with van der Waals surface area (Å²) < 4.78 is 5.43. The lowest BCUT2D eigenvalue weighted by molar-refractivity contribution is 0.409. The predicted octanol–water partition coefficient (Wildman–Crippen LogP) is 4.51. The van der Waals surface area contributed by atoms with Gasteiger partial charge >= 0.3 is 0 Å². The summed E-state index contributed by atoms with van der Waals surface area (Å²) in [7, 11) is 1.75. The minimum atomic E-state index is 0.621. The highest BCUT2D eigenvalue weighted by Gasteiger charge is 2.37. The Bertz CT molecular complexity index is 571. The number of rotatable bonds is 4. The Kier molecular flexibility index (Phi) is 3.37. The predicted molar refractivity (Wildman–Crippen MR) is 79.3 cm³/mol. The SMILES string of the molecule is COc1ccccc1[C@H]1C[C@@H]1/C=C/c1ccccc1. The van der Waals surface area contributed by atoms with Gasteiger partial charge in [-0.15, -0.1) is 0 Å². The molecular formula is C18H18O. The summed E-state index contributed by atoms with van der Waals surface area (Å²) in [6, 6.07) is 18.8. The minimum Gasteiger partial charge on any atom is -0.496 e. The molecule has 0 aliphatic heterocycles. The van der Waals surface area contributed by atoms with Crippen molar-refractivity contribution in [3.05, 3.63) is 71.8 Å². The smallest absolute Gasteiger partial charge is 0.122 e. The van der Waals surface area contributed by atoms with Crippen LogP contribution >= 0.6 is 0 Å². The first-order valence-electron chi connectivity index (χ1n) is 6.74. The molecule has 0 heterocycles. The molecule has 2 aromatic rings. The van der Waals surface area contributed by atoms with Crippen LogP contribution in [0.5, 0.6) is 5.75 Å². The van der Waals surface area contributed by atoms with E-state index in [2.05, 4.69) is 48.6 Å². The molecule has 0 aromatic heterocycles. The van der Waals surface area contributed by atoms with E-state index in [0.29, 0.717) is 11.8 Å². The van der Waals surface area contributed by atoms with E-state index < -0.39 is 0 Å². The van der Waals surface area contributed by atoms with Crippen LogP contribution in [0, 0.1) is 5.92 Å². The number of methoxy groups -OCH3 is 1. The van der Waals surface area contributed by atoms with Gasteiger partial charge in [-0.3, -0.25) is 0 Å². The molecular weight excluding hydrogens is 232 g/mol. The molecule has 2 aromatic carbocycles. The molecule has 1 aliphatic carbocycles. The van der Waals surface area contributed by atoms with Crippen molar-refractivity contribution in [2.24, 2.45) is 5.92 Å². The van der Waals surface area contributed by atoms with Crippen LogP contribution in [-0.4, -0.2) is 7.11 Å². The summed E-state index contributed by atoms with van der Waals surface area (Å²) in [5.41, 5.74) is 2.61. The van der Waals surface area contributed by atoms with Crippen LogP contribution in [0.3, 0.4) is 0 Å². The number of hydrogen-bond donors (Lipinski definition) is 0. The van der Waals surface area contributed by atoms with Gasteiger partial charge in [0.25, 0.3) is 0 Å². The molecule has 0 unspecified atom stereocenters. The summed E-state index contributed by atoms with van der Waals surface area (Å²) in [5.74, 6) is 2.29. The molecule has 3 rings (SSSR count). The van der Waals surface area contributed by atoms with Crippen molar-refractivity contribution in [3.63, 3.8) is 0 Å². The van der Waals surface area contributed by atoms with Gasteiger partial charge in [0.2, 0.25) is 0 Å². The number of allylic oxidation sites excluding steroid dienone is 1. The average Bonchev–Trinajstić information content (AvgIpc) is 3.25. The van der Waals surface area contributed by atoms with E-state index in [0.717, 1.165) is 5.75 Å². The third kappa shape index (κ3) is 2.70. The molecule has 1 aliphatic rings. The van der Waals surface area contributed by atoms with Crippen molar-refractivity contribution >= 4 is 6.08 Å². The van der Waals surface area contributed by atoms with Gasteiger partial charge in [0.15, 0.2) is 0 Å². The zero-order chi connectivity index (χ0) is 13.1. The Morgan fingerprint density at radius 2 is 1.74 bits per heavy atom. The quantitative estimate of drug-likeness (QED) is 0.775. The van der Waals surface area contributed by atoms with E-state index >= 15 is 0 Å². The molecule has 1 heteroatoms. The topological polar surface area (TPSA) is 9.23 Å². The van der Waals surface area contributed by atoms with Gasteiger partial charge in [0.05, 0.1) is 7.11 Å². The largest absolute Gasteiger partial charge is 0.496 e. The second-order valence-corrected chi connectivity index (χ2v) is 5.02. The van der Waals surface area contributed by atoms with E-state index in [1.165, 1.54) is 17.5 Å². The second kappa shape index (κ2) is 5.31. The van der Waals surface area contributed by atoms with Crippen LogP contribution < -0.4 is 4.74 Å². The van der Waals surface area contributed by atoms with E-state index in [9.17, 15) is 0 Å². The molecule has 1 fully saturated rings. The van der Waals surface area contributed by atoms with Crippen LogP contribution in [0.15, 0.2) is 60.7 Å². The lowest BCUT2D eigenvalue weighted by Crippen LogP contribution is -1.90. The molecule has 1 saturated carbocycles. The van der Waals surface area contributed by atoms with E-state index in [4.69, 9.17) is 4.74 Å². The Labute approximate surface area is 114 Å². The lowest BCUT2D eigenvalue weighted by Gasteiger charge is -2.06. The summed E-state index contributed by atoms with van der Waals surface area (Å²) in [6.07, 6.45) is 5.77. The van der Waals surface area contributed by atoms with Crippen molar-refractivity contribution in [1.82, 2.24) is 0 Å². The van der Waals surface area contributed by atoms with Crippen LogP contribution in [0.25, 0.3) is 6.08 Å². The molecule has 1 nitrogen and oxygen atoms in total. The molecule has 19 heavy (non-hydrogen) atoms. The van der Waals surface area contributed by atoms with E-state index in [1.807, 2.05) is 18.2 Å². The number of para-hydroxylation sites is 1. The fourth-order valence-electron chi connectivity index (χ4n) is 2.56. The Morgan fingerprint density at radius 3 is 2.53 bits per heavy atom. The van der Waals surface area contributed by atoms with Gasteiger partial charge in [-0.05, 0) is 35.4 Å². The van der Waals surface area contributed by atoms with E-state index in [-0.39, 0.29) is 0 Å². The second-order valence-electron chi connectivity index (χ2n) is 5.02. The van der Waals surface area contributed by atoms with Gasteiger partial charge in [0.1, 0.15) is 5.75 Å². The van der Waals surface area contributed by atoms with Gasteiger partial charge < -0.3 is 4.74 Å². The molecule has 0 radical (unpaired) electrons. The molecule has 0 bridgehead atoms. The van der Waals surface area contributed by atoms with E-state index in [1.54, 1.807) is 7.11 Å². The Balaban J connectivity index is 1.70. The first kappa shape index (κ1) is 12.0. The Hall–Kier alpha value is -2.02.